The van der Waals surface area contributed by atoms with Crippen molar-refractivity contribution in [3.8, 4) is 0 Å². The summed E-state index contributed by atoms with van der Waals surface area (Å²) in [5.74, 6) is 0.919. The van der Waals surface area contributed by atoms with Crippen LogP contribution in [0.2, 0.25) is 0 Å². The van der Waals surface area contributed by atoms with Gasteiger partial charge in [0.1, 0.15) is 6.04 Å². The van der Waals surface area contributed by atoms with E-state index in [0.29, 0.717) is 11.7 Å². The predicted molar refractivity (Wildman–Crippen MR) is 78.5 cm³/mol. The number of anilines is 1. The molecule has 2 N–H and O–H groups in total. The van der Waals surface area contributed by atoms with Gasteiger partial charge in [0.25, 0.3) is 0 Å². The zero-order chi connectivity index (χ0) is 14.7. The summed E-state index contributed by atoms with van der Waals surface area (Å²) in [6.07, 6.45) is 0. The summed E-state index contributed by atoms with van der Waals surface area (Å²) < 4.78 is 6.00. The molecule has 0 aliphatic rings. The maximum absolute atomic E-state index is 11.9. The van der Waals surface area contributed by atoms with Crippen LogP contribution in [0.25, 0.3) is 0 Å². The van der Waals surface area contributed by atoms with Crippen molar-refractivity contribution in [2.75, 3.05) is 5.32 Å². The predicted octanol–water partition coefficient (Wildman–Crippen LogP) is 3.33. The molecule has 0 bridgehead atoms. The lowest BCUT2D eigenvalue weighted by Crippen LogP contribution is -2.31. The Kier molecular flexibility index (Phi) is 4.39. The first-order valence-corrected chi connectivity index (χ1v) is 6.89. The topological polar surface area (TPSA) is 80.0 Å². The number of aryl methyl sites for hydroxylation is 2. The van der Waals surface area contributed by atoms with Crippen LogP contribution in [0.3, 0.4) is 0 Å². The van der Waals surface area contributed by atoms with Gasteiger partial charge in [0, 0.05) is 10.2 Å². The quantitative estimate of drug-likeness (QED) is 0.899. The lowest BCUT2D eigenvalue weighted by molar-refractivity contribution is 0.245. The summed E-state index contributed by atoms with van der Waals surface area (Å²) in [5.41, 5.74) is 1.76. The number of urea groups is 1. The van der Waals surface area contributed by atoms with Crippen molar-refractivity contribution in [1.29, 1.82) is 0 Å². The number of hydrogen-bond acceptors (Lipinski definition) is 4. The molecule has 0 saturated heterocycles. The molecule has 2 rings (SSSR count). The molecule has 106 valence electrons. The van der Waals surface area contributed by atoms with Crippen molar-refractivity contribution in [2.45, 2.75) is 26.8 Å². The van der Waals surface area contributed by atoms with E-state index in [1.165, 1.54) is 0 Å². The van der Waals surface area contributed by atoms with Crippen molar-refractivity contribution in [3.63, 3.8) is 0 Å². The maximum Gasteiger partial charge on any atom is 0.319 e. The molecule has 0 aliphatic carbocycles. The highest BCUT2D eigenvalue weighted by molar-refractivity contribution is 9.10. The van der Waals surface area contributed by atoms with Gasteiger partial charge >= 0.3 is 6.03 Å². The number of carbonyl (C=O) groups is 1. The Balaban J connectivity index is 1.96. The van der Waals surface area contributed by atoms with Gasteiger partial charge in [-0.1, -0.05) is 21.1 Å². The molecule has 0 saturated carbocycles. The molecule has 1 aromatic heterocycles. The molecule has 0 radical (unpaired) electrons. The van der Waals surface area contributed by atoms with E-state index in [1.54, 1.807) is 13.8 Å². The summed E-state index contributed by atoms with van der Waals surface area (Å²) >= 11 is 3.41. The Labute approximate surface area is 125 Å². The fourth-order valence-corrected chi connectivity index (χ4v) is 1.88. The highest BCUT2D eigenvalue weighted by atomic mass is 79.9. The fraction of sp³-hybridized carbons (Fsp3) is 0.308. The highest BCUT2D eigenvalue weighted by Crippen LogP contribution is 2.20. The zero-order valence-electron chi connectivity index (χ0n) is 11.4. The van der Waals surface area contributed by atoms with Gasteiger partial charge < -0.3 is 15.2 Å². The van der Waals surface area contributed by atoms with E-state index in [-0.39, 0.29) is 12.1 Å². The van der Waals surface area contributed by atoms with Gasteiger partial charge in [0.05, 0.1) is 0 Å². The van der Waals surface area contributed by atoms with Crippen LogP contribution in [0, 0.1) is 13.8 Å². The SMILES string of the molecule is Cc1noc([C@H](C)NC(=O)Nc2ccc(Br)c(C)c2)n1. The van der Waals surface area contributed by atoms with Crippen molar-refractivity contribution in [1.82, 2.24) is 15.5 Å². The number of rotatable bonds is 3. The second kappa shape index (κ2) is 6.04. The molecule has 2 amide bonds. The van der Waals surface area contributed by atoms with Crippen molar-refractivity contribution >= 4 is 27.6 Å². The Morgan fingerprint density at radius 3 is 2.75 bits per heavy atom. The van der Waals surface area contributed by atoms with Crippen LogP contribution >= 0.6 is 15.9 Å². The van der Waals surface area contributed by atoms with Gasteiger partial charge in [0.2, 0.25) is 5.89 Å². The van der Waals surface area contributed by atoms with Crippen LogP contribution in [0.5, 0.6) is 0 Å². The Morgan fingerprint density at radius 2 is 2.15 bits per heavy atom. The second-order valence-corrected chi connectivity index (χ2v) is 5.32. The number of carbonyl (C=O) groups excluding carboxylic acids is 1. The molecular formula is C13H15BrN4O2. The van der Waals surface area contributed by atoms with Gasteiger partial charge in [-0.3, -0.25) is 0 Å². The number of halogens is 1. The van der Waals surface area contributed by atoms with Gasteiger partial charge in [0.15, 0.2) is 5.82 Å². The monoisotopic (exact) mass is 338 g/mol. The number of amides is 2. The van der Waals surface area contributed by atoms with Crippen molar-refractivity contribution in [3.05, 3.63) is 40.0 Å². The lowest BCUT2D eigenvalue weighted by Gasteiger charge is -2.11. The first-order valence-electron chi connectivity index (χ1n) is 6.09. The van der Waals surface area contributed by atoms with Gasteiger partial charge in [-0.05, 0) is 44.5 Å². The Hall–Kier alpha value is -1.89. The van der Waals surface area contributed by atoms with E-state index in [4.69, 9.17) is 4.52 Å². The average Bonchev–Trinajstić information content (AvgIpc) is 2.80. The van der Waals surface area contributed by atoms with Crippen LogP contribution in [0.15, 0.2) is 27.2 Å². The minimum atomic E-state index is -0.354. The maximum atomic E-state index is 11.9. The molecule has 20 heavy (non-hydrogen) atoms. The zero-order valence-corrected chi connectivity index (χ0v) is 13.0. The first-order chi connectivity index (χ1) is 9.45. The number of nitrogens with zero attached hydrogens (tertiary/aromatic N) is 2. The van der Waals surface area contributed by atoms with Gasteiger partial charge in [-0.15, -0.1) is 0 Å². The summed E-state index contributed by atoms with van der Waals surface area (Å²) in [5, 5.41) is 9.18. The Bertz CT molecular complexity index is 627. The molecule has 0 spiro atoms. The van der Waals surface area contributed by atoms with E-state index < -0.39 is 0 Å². The summed E-state index contributed by atoms with van der Waals surface area (Å²) in [6, 6.07) is 4.90. The van der Waals surface area contributed by atoms with E-state index in [0.717, 1.165) is 15.7 Å². The standard InChI is InChI=1S/C13H15BrN4O2/c1-7-6-10(4-5-11(7)14)17-13(19)15-8(2)12-16-9(3)18-20-12/h4-6,8H,1-3H3,(H2,15,17,19)/t8-/m0/s1. The number of nitrogens with one attached hydrogen (secondary N) is 2. The fourth-order valence-electron chi connectivity index (χ4n) is 1.64. The molecule has 2 aromatic rings. The molecule has 1 aromatic carbocycles. The Morgan fingerprint density at radius 1 is 1.40 bits per heavy atom. The van der Waals surface area contributed by atoms with Gasteiger partial charge in [-0.25, -0.2) is 4.79 Å². The third-order valence-corrected chi connectivity index (χ3v) is 3.57. The largest absolute Gasteiger partial charge is 0.337 e. The normalized spacial score (nSPS) is 12.0. The van der Waals surface area contributed by atoms with Crippen LogP contribution in [-0.2, 0) is 0 Å². The molecule has 0 unspecified atom stereocenters. The third kappa shape index (κ3) is 3.57. The van der Waals surface area contributed by atoms with Crippen LogP contribution in [0.4, 0.5) is 10.5 Å². The molecule has 0 aliphatic heterocycles. The molecule has 7 heteroatoms. The summed E-state index contributed by atoms with van der Waals surface area (Å²) in [4.78, 5) is 15.9. The van der Waals surface area contributed by atoms with Crippen molar-refractivity contribution in [2.24, 2.45) is 0 Å². The van der Waals surface area contributed by atoms with E-state index in [2.05, 4.69) is 36.7 Å². The minimum absolute atomic E-state index is 0.324. The van der Waals surface area contributed by atoms with Crippen LogP contribution < -0.4 is 10.6 Å². The highest BCUT2D eigenvalue weighted by Gasteiger charge is 2.15. The van der Waals surface area contributed by atoms with Crippen LogP contribution in [0.1, 0.15) is 30.2 Å². The smallest absolute Gasteiger partial charge is 0.319 e. The molecule has 0 fully saturated rings. The number of hydrogen-bond donors (Lipinski definition) is 2. The first kappa shape index (κ1) is 14.5. The molecule has 1 atom stereocenters. The second-order valence-electron chi connectivity index (χ2n) is 4.46. The molecule has 1 heterocycles. The molecular weight excluding hydrogens is 324 g/mol. The summed E-state index contributed by atoms with van der Waals surface area (Å²) in [6.45, 7) is 5.46. The summed E-state index contributed by atoms with van der Waals surface area (Å²) in [7, 11) is 0. The minimum Gasteiger partial charge on any atom is -0.337 e. The van der Waals surface area contributed by atoms with Gasteiger partial charge in [-0.2, -0.15) is 4.98 Å². The molecule has 6 nitrogen and oxygen atoms in total. The van der Waals surface area contributed by atoms with Crippen LogP contribution in [-0.4, -0.2) is 16.2 Å². The van der Waals surface area contributed by atoms with E-state index >= 15 is 0 Å². The lowest BCUT2D eigenvalue weighted by atomic mass is 10.2. The number of aromatic nitrogens is 2. The van der Waals surface area contributed by atoms with Crippen molar-refractivity contribution < 1.29 is 9.32 Å². The number of benzene rings is 1. The average molecular weight is 339 g/mol. The van der Waals surface area contributed by atoms with E-state index in [9.17, 15) is 4.79 Å². The van der Waals surface area contributed by atoms with E-state index in [1.807, 2.05) is 25.1 Å². The third-order valence-electron chi connectivity index (χ3n) is 2.68.